The molecule has 1 aromatic heterocycles. The summed E-state index contributed by atoms with van der Waals surface area (Å²) in [5.74, 6) is -0.254. The maximum Gasteiger partial charge on any atom is 0.303 e. The second-order valence-electron chi connectivity index (χ2n) is 5.84. The van der Waals surface area contributed by atoms with E-state index in [1.165, 1.54) is 0 Å². The summed E-state index contributed by atoms with van der Waals surface area (Å²) >= 11 is 0. The van der Waals surface area contributed by atoms with Crippen LogP contribution in [0, 0.1) is 5.92 Å². The summed E-state index contributed by atoms with van der Waals surface area (Å²) in [5, 5.41) is 9.70. The zero-order chi connectivity index (χ0) is 15.5. The van der Waals surface area contributed by atoms with Crippen molar-refractivity contribution in [2.45, 2.75) is 25.7 Å². The van der Waals surface area contributed by atoms with Crippen molar-refractivity contribution in [3.8, 4) is 0 Å². The predicted molar refractivity (Wildman–Crippen MR) is 81.7 cm³/mol. The van der Waals surface area contributed by atoms with Gasteiger partial charge in [-0.25, -0.2) is 0 Å². The number of aliphatic carboxylic acids is 1. The summed E-state index contributed by atoms with van der Waals surface area (Å²) < 4.78 is 5.63. The fraction of sp³-hybridized carbons (Fsp3) is 0.412. The first-order chi connectivity index (χ1) is 10.6. The van der Waals surface area contributed by atoms with Crippen molar-refractivity contribution in [1.82, 2.24) is 4.90 Å². The molecule has 2 heterocycles. The van der Waals surface area contributed by atoms with Gasteiger partial charge in [-0.3, -0.25) is 9.59 Å². The second kappa shape index (κ2) is 6.22. The molecule has 5 nitrogen and oxygen atoms in total. The third kappa shape index (κ3) is 3.13. The van der Waals surface area contributed by atoms with E-state index in [-0.39, 0.29) is 18.2 Å². The van der Waals surface area contributed by atoms with E-state index in [2.05, 4.69) is 0 Å². The lowest BCUT2D eigenvalue weighted by Gasteiger charge is -2.32. The molecule has 1 fully saturated rings. The topological polar surface area (TPSA) is 70.8 Å². The number of para-hydroxylation sites is 1. The largest absolute Gasteiger partial charge is 0.481 e. The molecular weight excluding hydrogens is 282 g/mol. The Balaban J connectivity index is 1.69. The average molecular weight is 301 g/mol. The number of nitrogens with zero attached hydrogens (tertiary/aromatic N) is 1. The lowest BCUT2D eigenvalue weighted by Crippen LogP contribution is -2.39. The lowest BCUT2D eigenvalue weighted by atomic mass is 9.93. The first-order valence-electron chi connectivity index (χ1n) is 7.63. The molecule has 0 radical (unpaired) electrons. The minimum Gasteiger partial charge on any atom is -0.481 e. The van der Waals surface area contributed by atoms with E-state index in [0.29, 0.717) is 30.9 Å². The first-order valence-corrected chi connectivity index (χ1v) is 7.63. The Bertz CT molecular complexity index is 658. The van der Waals surface area contributed by atoms with Gasteiger partial charge in [0.2, 0.25) is 0 Å². The molecule has 1 atom stereocenters. The number of likely N-dealkylation sites (tertiary alicyclic amines) is 1. The van der Waals surface area contributed by atoms with Crippen molar-refractivity contribution in [1.29, 1.82) is 0 Å². The third-order valence-corrected chi connectivity index (χ3v) is 4.21. The zero-order valence-electron chi connectivity index (χ0n) is 12.3. The fourth-order valence-corrected chi connectivity index (χ4v) is 3.06. The number of rotatable bonds is 4. The number of fused-ring (bicyclic) bond motifs is 1. The Morgan fingerprint density at radius 1 is 1.32 bits per heavy atom. The number of carboxylic acids is 1. The van der Waals surface area contributed by atoms with Gasteiger partial charge in [0, 0.05) is 24.9 Å². The first kappa shape index (κ1) is 14.6. The van der Waals surface area contributed by atoms with Gasteiger partial charge in [0.15, 0.2) is 5.76 Å². The highest BCUT2D eigenvalue weighted by molar-refractivity contribution is 5.96. The molecule has 0 saturated carbocycles. The Morgan fingerprint density at radius 3 is 2.91 bits per heavy atom. The molecule has 0 aliphatic carbocycles. The number of benzene rings is 1. The molecule has 1 aliphatic rings. The highest BCUT2D eigenvalue weighted by Crippen LogP contribution is 2.25. The van der Waals surface area contributed by atoms with Gasteiger partial charge in [-0.15, -0.1) is 0 Å². The maximum absolute atomic E-state index is 12.6. The van der Waals surface area contributed by atoms with Crippen LogP contribution in [0.5, 0.6) is 0 Å². The molecule has 0 spiro atoms. The molecular formula is C17H19NO4. The molecule has 1 amide bonds. The quantitative estimate of drug-likeness (QED) is 0.941. The minimum atomic E-state index is -0.777. The summed E-state index contributed by atoms with van der Waals surface area (Å²) in [6, 6.07) is 9.33. The summed E-state index contributed by atoms with van der Waals surface area (Å²) in [4.78, 5) is 25.0. The van der Waals surface area contributed by atoms with Gasteiger partial charge in [0.05, 0.1) is 0 Å². The van der Waals surface area contributed by atoms with E-state index in [0.717, 1.165) is 18.2 Å². The highest BCUT2D eigenvalue weighted by atomic mass is 16.4. The summed E-state index contributed by atoms with van der Waals surface area (Å²) in [6.45, 7) is 1.32. The standard InChI is InChI=1S/C17H19NO4/c19-16(20)8-7-12-4-3-9-18(11-12)17(21)15-10-13-5-1-2-6-14(13)22-15/h1-2,5-6,10,12H,3-4,7-9,11H2,(H,19,20)/t12-/m1/s1. The van der Waals surface area contributed by atoms with Crippen molar-refractivity contribution < 1.29 is 19.1 Å². The Morgan fingerprint density at radius 2 is 2.14 bits per heavy atom. The number of amides is 1. The number of furan rings is 1. The number of piperidine rings is 1. The number of carbonyl (C=O) groups excluding carboxylic acids is 1. The van der Waals surface area contributed by atoms with Crippen LogP contribution in [0.2, 0.25) is 0 Å². The SMILES string of the molecule is O=C(O)CC[C@H]1CCCN(C(=O)c2cc3ccccc3o2)C1. The van der Waals surface area contributed by atoms with E-state index >= 15 is 0 Å². The van der Waals surface area contributed by atoms with Crippen molar-refractivity contribution in [3.63, 3.8) is 0 Å². The van der Waals surface area contributed by atoms with Crippen LogP contribution in [-0.2, 0) is 4.79 Å². The van der Waals surface area contributed by atoms with Gasteiger partial charge in [-0.2, -0.15) is 0 Å². The van der Waals surface area contributed by atoms with Gasteiger partial charge < -0.3 is 14.4 Å². The predicted octanol–water partition coefficient (Wildman–Crippen LogP) is 3.15. The van der Waals surface area contributed by atoms with Crippen LogP contribution in [0.4, 0.5) is 0 Å². The second-order valence-corrected chi connectivity index (χ2v) is 5.84. The highest BCUT2D eigenvalue weighted by Gasteiger charge is 2.26. The van der Waals surface area contributed by atoms with Gasteiger partial charge in [0.1, 0.15) is 5.58 Å². The van der Waals surface area contributed by atoms with Gasteiger partial charge in [-0.1, -0.05) is 18.2 Å². The number of carbonyl (C=O) groups is 2. The zero-order valence-corrected chi connectivity index (χ0v) is 12.3. The van der Waals surface area contributed by atoms with Gasteiger partial charge in [-0.05, 0) is 37.3 Å². The summed E-state index contributed by atoms with van der Waals surface area (Å²) in [6.07, 6.45) is 2.68. The Kier molecular flexibility index (Phi) is 4.13. The lowest BCUT2D eigenvalue weighted by molar-refractivity contribution is -0.137. The molecule has 2 aromatic rings. The van der Waals surface area contributed by atoms with Gasteiger partial charge >= 0.3 is 5.97 Å². The van der Waals surface area contributed by atoms with Crippen LogP contribution in [0.25, 0.3) is 11.0 Å². The number of hydrogen-bond donors (Lipinski definition) is 1. The van der Waals surface area contributed by atoms with Crippen molar-refractivity contribution in [2.75, 3.05) is 13.1 Å². The van der Waals surface area contributed by atoms with Crippen LogP contribution < -0.4 is 0 Å². The monoisotopic (exact) mass is 301 g/mol. The Labute approximate surface area is 128 Å². The van der Waals surface area contributed by atoms with Crippen molar-refractivity contribution in [2.24, 2.45) is 5.92 Å². The normalized spacial score (nSPS) is 18.5. The minimum absolute atomic E-state index is 0.101. The van der Waals surface area contributed by atoms with Gasteiger partial charge in [0.25, 0.3) is 5.91 Å². The molecule has 5 heteroatoms. The van der Waals surface area contributed by atoms with Crippen LogP contribution >= 0.6 is 0 Å². The maximum atomic E-state index is 12.6. The van der Waals surface area contributed by atoms with E-state index in [4.69, 9.17) is 9.52 Å². The molecule has 1 aliphatic heterocycles. The number of carboxylic acid groups (broad SMARTS) is 1. The molecule has 1 N–H and O–H groups in total. The molecule has 116 valence electrons. The van der Waals surface area contributed by atoms with E-state index in [1.807, 2.05) is 24.3 Å². The van der Waals surface area contributed by atoms with E-state index < -0.39 is 5.97 Å². The molecule has 1 saturated heterocycles. The van der Waals surface area contributed by atoms with E-state index in [1.54, 1.807) is 11.0 Å². The van der Waals surface area contributed by atoms with Crippen LogP contribution in [0.1, 0.15) is 36.2 Å². The molecule has 0 bridgehead atoms. The van der Waals surface area contributed by atoms with Crippen molar-refractivity contribution >= 4 is 22.8 Å². The molecule has 22 heavy (non-hydrogen) atoms. The molecule has 1 aromatic carbocycles. The van der Waals surface area contributed by atoms with Crippen LogP contribution in [-0.4, -0.2) is 35.0 Å². The third-order valence-electron chi connectivity index (χ3n) is 4.21. The molecule has 3 rings (SSSR count). The summed E-state index contributed by atoms with van der Waals surface area (Å²) in [5.41, 5.74) is 0.713. The smallest absolute Gasteiger partial charge is 0.303 e. The van der Waals surface area contributed by atoms with Crippen LogP contribution in [0.3, 0.4) is 0 Å². The summed E-state index contributed by atoms with van der Waals surface area (Å²) in [7, 11) is 0. The fourth-order valence-electron chi connectivity index (χ4n) is 3.06. The number of hydrogen-bond acceptors (Lipinski definition) is 3. The average Bonchev–Trinajstić information content (AvgIpc) is 2.96. The molecule has 0 unspecified atom stereocenters. The van der Waals surface area contributed by atoms with E-state index in [9.17, 15) is 9.59 Å². The van der Waals surface area contributed by atoms with Crippen LogP contribution in [0.15, 0.2) is 34.7 Å². The van der Waals surface area contributed by atoms with Crippen molar-refractivity contribution in [3.05, 3.63) is 36.1 Å². The Hall–Kier alpha value is -2.30.